The number of methoxy groups -OCH3 is 1. The van der Waals surface area contributed by atoms with Gasteiger partial charge in [0.25, 0.3) is 0 Å². The molecule has 2 rings (SSSR count). The van der Waals surface area contributed by atoms with Crippen molar-refractivity contribution in [2.75, 3.05) is 13.7 Å². The zero-order valence-electron chi connectivity index (χ0n) is 8.68. The van der Waals surface area contributed by atoms with Crippen molar-refractivity contribution in [3.8, 4) is 5.88 Å². The minimum atomic E-state index is -0.318. The number of nitrogens with zero attached hydrogens (tertiary/aromatic N) is 2. The third kappa shape index (κ3) is 2.18. The van der Waals surface area contributed by atoms with Gasteiger partial charge in [0.2, 0.25) is 5.88 Å². The molecule has 5 nitrogen and oxygen atoms in total. The molecule has 1 aromatic rings. The topological polar surface area (TPSA) is 53.4 Å². The fraction of sp³-hybridized carbons (Fsp3) is 0.600. The molecule has 0 amide bonds. The Morgan fingerprint density at radius 2 is 2.47 bits per heavy atom. The van der Waals surface area contributed by atoms with Gasteiger partial charge in [-0.3, -0.25) is 4.57 Å². The van der Waals surface area contributed by atoms with Crippen LogP contribution in [-0.2, 0) is 4.74 Å². The maximum Gasteiger partial charge on any atom is 0.352 e. The molecule has 1 unspecified atom stereocenters. The van der Waals surface area contributed by atoms with Gasteiger partial charge in [0.05, 0.1) is 7.11 Å². The van der Waals surface area contributed by atoms with E-state index in [4.69, 9.17) is 9.47 Å². The highest BCUT2D eigenvalue weighted by atomic mass is 16.5. The van der Waals surface area contributed by atoms with Gasteiger partial charge in [-0.2, -0.15) is 4.98 Å². The standard InChI is InChI=1S/C10H14N2O3/c1-14-8-5-6-12(10(13)11-8)9-4-2-3-7-15-9/h5-6,9H,2-4,7H2,1H3. The molecule has 0 spiro atoms. The lowest BCUT2D eigenvalue weighted by Gasteiger charge is -2.23. The first-order valence-corrected chi connectivity index (χ1v) is 5.06. The van der Waals surface area contributed by atoms with Crippen LogP contribution in [0.4, 0.5) is 0 Å². The Morgan fingerprint density at radius 1 is 1.60 bits per heavy atom. The summed E-state index contributed by atoms with van der Waals surface area (Å²) in [7, 11) is 1.49. The van der Waals surface area contributed by atoms with Gasteiger partial charge in [0.1, 0.15) is 6.23 Å². The van der Waals surface area contributed by atoms with Gasteiger partial charge in [-0.1, -0.05) is 0 Å². The summed E-state index contributed by atoms with van der Waals surface area (Å²) in [6, 6.07) is 1.67. The average molecular weight is 210 g/mol. The molecular weight excluding hydrogens is 196 g/mol. The number of ether oxygens (including phenoxy) is 2. The van der Waals surface area contributed by atoms with E-state index in [2.05, 4.69) is 4.98 Å². The summed E-state index contributed by atoms with van der Waals surface area (Å²) < 4.78 is 11.9. The largest absolute Gasteiger partial charge is 0.481 e. The predicted octanol–water partition coefficient (Wildman–Crippen LogP) is 0.951. The molecule has 0 radical (unpaired) electrons. The van der Waals surface area contributed by atoms with E-state index in [1.165, 1.54) is 11.7 Å². The van der Waals surface area contributed by atoms with Crippen molar-refractivity contribution in [2.24, 2.45) is 0 Å². The Kier molecular flexibility index (Phi) is 3.01. The van der Waals surface area contributed by atoms with Crippen LogP contribution in [0.25, 0.3) is 0 Å². The fourth-order valence-corrected chi connectivity index (χ4v) is 1.67. The first-order chi connectivity index (χ1) is 7.31. The molecule has 1 aromatic heterocycles. The zero-order chi connectivity index (χ0) is 10.7. The second-order valence-corrected chi connectivity index (χ2v) is 3.48. The molecule has 5 heteroatoms. The smallest absolute Gasteiger partial charge is 0.352 e. The lowest BCUT2D eigenvalue weighted by atomic mass is 10.2. The van der Waals surface area contributed by atoms with Gasteiger partial charge in [-0.05, 0) is 19.3 Å². The monoisotopic (exact) mass is 210 g/mol. The van der Waals surface area contributed by atoms with E-state index in [1.54, 1.807) is 12.3 Å². The number of aromatic nitrogens is 2. The van der Waals surface area contributed by atoms with E-state index >= 15 is 0 Å². The molecule has 0 bridgehead atoms. The third-order valence-corrected chi connectivity index (χ3v) is 2.48. The average Bonchev–Trinajstić information content (AvgIpc) is 2.30. The molecule has 0 aliphatic carbocycles. The van der Waals surface area contributed by atoms with E-state index in [1.807, 2.05) is 0 Å². The van der Waals surface area contributed by atoms with Crippen LogP contribution < -0.4 is 10.4 Å². The van der Waals surface area contributed by atoms with E-state index in [-0.39, 0.29) is 11.9 Å². The molecule has 82 valence electrons. The lowest BCUT2D eigenvalue weighted by molar-refractivity contribution is -0.0349. The van der Waals surface area contributed by atoms with Gasteiger partial charge in [-0.15, -0.1) is 0 Å². The first kappa shape index (κ1) is 10.2. The summed E-state index contributed by atoms with van der Waals surface area (Å²) in [4.78, 5) is 15.4. The molecule has 0 N–H and O–H groups in total. The summed E-state index contributed by atoms with van der Waals surface area (Å²) in [6.07, 6.45) is 4.53. The first-order valence-electron chi connectivity index (χ1n) is 5.06. The highest BCUT2D eigenvalue weighted by Gasteiger charge is 2.17. The van der Waals surface area contributed by atoms with Gasteiger partial charge < -0.3 is 9.47 Å². The molecule has 2 heterocycles. The van der Waals surface area contributed by atoms with Crippen molar-refractivity contribution >= 4 is 0 Å². The van der Waals surface area contributed by atoms with Gasteiger partial charge in [0, 0.05) is 18.9 Å². The fourth-order valence-electron chi connectivity index (χ4n) is 1.67. The molecule has 1 aliphatic rings. The third-order valence-electron chi connectivity index (χ3n) is 2.48. The van der Waals surface area contributed by atoms with Gasteiger partial charge >= 0.3 is 5.69 Å². The van der Waals surface area contributed by atoms with E-state index < -0.39 is 0 Å². The van der Waals surface area contributed by atoms with Crippen molar-refractivity contribution in [1.29, 1.82) is 0 Å². The quantitative estimate of drug-likeness (QED) is 0.729. The van der Waals surface area contributed by atoms with Crippen LogP contribution in [0.1, 0.15) is 25.5 Å². The summed E-state index contributed by atoms with van der Waals surface area (Å²) in [5.74, 6) is 0.340. The lowest BCUT2D eigenvalue weighted by Crippen LogP contribution is -2.30. The van der Waals surface area contributed by atoms with Gasteiger partial charge in [-0.25, -0.2) is 4.79 Å². The number of hydrogen-bond acceptors (Lipinski definition) is 4. The molecule has 0 aromatic carbocycles. The summed E-state index contributed by atoms with van der Waals surface area (Å²) in [5.41, 5.74) is -0.318. The minimum Gasteiger partial charge on any atom is -0.481 e. The predicted molar refractivity (Wildman–Crippen MR) is 53.9 cm³/mol. The van der Waals surface area contributed by atoms with Crippen molar-refractivity contribution in [3.05, 3.63) is 22.7 Å². The van der Waals surface area contributed by atoms with Crippen LogP contribution >= 0.6 is 0 Å². The van der Waals surface area contributed by atoms with Gasteiger partial charge in [0.15, 0.2) is 0 Å². The van der Waals surface area contributed by atoms with Crippen LogP contribution in [0, 0.1) is 0 Å². The highest BCUT2D eigenvalue weighted by molar-refractivity contribution is 5.05. The summed E-state index contributed by atoms with van der Waals surface area (Å²) in [6.45, 7) is 0.711. The van der Waals surface area contributed by atoms with Crippen molar-refractivity contribution in [1.82, 2.24) is 9.55 Å². The number of hydrogen-bond donors (Lipinski definition) is 0. The van der Waals surface area contributed by atoms with E-state index in [9.17, 15) is 4.79 Å². The molecule has 1 atom stereocenters. The minimum absolute atomic E-state index is 0.162. The Labute approximate surface area is 87.7 Å². The van der Waals surface area contributed by atoms with Crippen LogP contribution in [0.5, 0.6) is 5.88 Å². The van der Waals surface area contributed by atoms with Crippen LogP contribution in [0.15, 0.2) is 17.1 Å². The van der Waals surface area contributed by atoms with Crippen molar-refractivity contribution < 1.29 is 9.47 Å². The second-order valence-electron chi connectivity index (χ2n) is 3.48. The van der Waals surface area contributed by atoms with E-state index in [0.717, 1.165) is 19.3 Å². The number of rotatable bonds is 2. The molecule has 0 saturated carbocycles. The van der Waals surface area contributed by atoms with Crippen molar-refractivity contribution in [3.63, 3.8) is 0 Å². The SMILES string of the molecule is COc1ccn(C2CCCCO2)c(=O)n1. The normalized spacial score (nSPS) is 21.3. The zero-order valence-corrected chi connectivity index (χ0v) is 8.68. The molecule has 1 saturated heterocycles. The maximum atomic E-state index is 11.6. The van der Waals surface area contributed by atoms with Crippen LogP contribution in [-0.4, -0.2) is 23.3 Å². The highest BCUT2D eigenvalue weighted by Crippen LogP contribution is 2.20. The summed E-state index contributed by atoms with van der Waals surface area (Å²) >= 11 is 0. The van der Waals surface area contributed by atoms with Crippen molar-refractivity contribution in [2.45, 2.75) is 25.5 Å². The van der Waals surface area contributed by atoms with Crippen LogP contribution in [0.3, 0.4) is 0 Å². The Bertz CT molecular complexity index is 382. The summed E-state index contributed by atoms with van der Waals surface area (Å²) in [5, 5.41) is 0. The molecule has 1 aliphatic heterocycles. The van der Waals surface area contributed by atoms with Crippen LogP contribution in [0.2, 0.25) is 0 Å². The Morgan fingerprint density at radius 3 is 3.07 bits per heavy atom. The Balaban J connectivity index is 2.24. The molecular formula is C10H14N2O3. The maximum absolute atomic E-state index is 11.6. The molecule has 15 heavy (non-hydrogen) atoms. The van der Waals surface area contributed by atoms with E-state index in [0.29, 0.717) is 12.5 Å². The Hall–Kier alpha value is -1.36. The second kappa shape index (κ2) is 4.44. The molecule has 1 fully saturated rings.